The summed E-state index contributed by atoms with van der Waals surface area (Å²) in [4.78, 5) is 12.5. The summed E-state index contributed by atoms with van der Waals surface area (Å²) in [6.45, 7) is 2.64. The molecular weight excluding hydrogens is 328 g/mol. The summed E-state index contributed by atoms with van der Waals surface area (Å²) in [5, 5.41) is 10.7. The number of aryl methyl sites for hydroxylation is 1. The van der Waals surface area contributed by atoms with Crippen molar-refractivity contribution >= 4 is 32.5 Å². The minimum Gasteiger partial charge on any atom is -0.321 e. The number of aromatic nitrogens is 3. The summed E-state index contributed by atoms with van der Waals surface area (Å²) in [5.74, 6) is -0.404. The summed E-state index contributed by atoms with van der Waals surface area (Å²) < 4.78 is 25.4. The Hall–Kier alpha value is -2.74. The quantitative estimate of drug-likeness (QED) is 0.782. The van der Waals surface area contributed by atoms with Gasteiger partial charge < -0.3 is 5.32 Å². The van der Waals surface area contributed by atoms with Gasteiger partial charge in [0.25, 0.3) is 5.91 Å². The molecule has 8 heteroatoms. The van der Waals surface area contributed by atoms with Gasteiger partial charge in [-0.3, -0.25) is 4.79 Å². The number of nitrogens with zero attached hydrogens (tertiary/aromatic N) is 3. The lowest BCUT2D eigenvalue weighted by molar-refractivity contribution is 0.102. The monoisotopic (exact) mass is 344 g/mol. The molecule has 0 atom stereocenters. The maximum Gasteiger partial charge on any atom is 0.255 e. The third-order valence-corrected chi connectivity index (χ3v) is 4.77. The van der Waals surface area contributed by atoms with Gasteiger partial charge in [0, 0.05) is 18.4 Å². The highest BCUT2D eigenvalue weighted by molar-refractivity contribution is 7.90. The molecule has 0 saturated carbocycles. The smallest absolute Gasteiger partial charge is 0.255 e. The number of carbonyl (C=O) groups excluding carboxylic acids is 1. The van der Waals surface area contributed by atoms with E-state index in [0.29, 0.717) is 17.6 Å². The van der Waals surface area contributed by atoms with Crippen LogP contribution < -0.4 is 5.32 Å². The maximum absolute atomic E-state index is 12.5. The number of nitrogens with one attached hydrogen (secondary N) is 1. The number of benzene rings is 2. The van der Waals surface area contributed by atoms with Crippen molar-refractivity contribution in [2.45, 2.75) is 18.4 Å². The van der Waals surface area contributed by atoms with E-state index < -0.39 is 15.7 Å². The number of sulfone groups is 1. The Kier molecular flexibility index (Phi) is 4.06. The Balaban J connectivity index is 1.94. The molecule has 0 aliphatic heterocycles. The van der Waals surface area contributed by atoms with Crippen molar-refractivity contribution in [1.82, 2.24) is 15.0 Å². The average molecular weight is 344 g/mol. The van der Waals surface area contributed by atoms with Crippen LogP contribution in [0.3, 0.4) is 0 Å². The number of carbonyl (C=O) groups is 1. The molecule has 0 spiro atoms. The minimum absolute atomic E-state index is 0.0800. The third-order valence-electron chi connectivity index (χ3n) is 3.61. The standard InChI is InChI=1S/C16H16N4O3S/c1-3-20-14-9-8-11(10-13(14)18-19-20)16(21)17-12-6-4-5-7-15(12)24(2,22)23/h4-10H,3H2,1-2H3,(H,17,21). The van der Waals surface area contributed by atoms with Crippen LogP contribution in [-0.4, -0.2) is 35.6 Å². The van der Waals surface area contributed by atoms with E-state index in [0.717, 1.165) is 11.8 Å². The number of anilines is 1. The fourth-order valence-corrected chi connectivity index (χ4v) is 3.28. The first-order chi connectivity index (χ1) is 11.4. The Morgan fingerprint density at radius 1 is 1.21 bits per heavy atom. The Bertz CT molecular complexity index is 1020. The summed E-state index contributed by atoms with van der Waals surface area (Å²) in [5.41, 5.74) is 2.09. The second-order valence-electron chi connectivity index (χ2n) is 5.33. The van der Waals surface area contributed by atoms with E-state index in [9.17, 15) is 13.2 Å². The molecule has 0 fully saturated rings. The van der Waals surface area contributed by atoms with E-state index in [1.165, 1.54) is 6.07 Å². The predicted octanol–water partition coefficient (Wildman–Crippen LogP) is 2.11. The maximum atomic E-state index is 12.5. The zero-order valence-electron chi connectivity index (χ0n) is 13.2. The predicted molar refractivity (Wildman–Crippen MR) is 90.7 cm³/mol. The molecule has 1 aromatic heterocycles. The van der Waals surface area contributed by atoms with Crippen molar-refractivity contribution in [2.24, 2.45) is 0 Å². The highest BCUT2D eigenvalue weighted by atomic mass is 32.2. The Morgan fingerprint density at radius 3 is 2.67 bits per heavy atom. The largest absolute Gasteiger partial charge is 0.321 e. The number of para-hydroxylation sites is 1. The number of amides is 1. The molecule has 3 aromatic rings. The molecule has 7 nitrogen and oxygen atoms in total. The Labute approximate surface area is 139 Å². The summed E-state index contributed by atoms with van der Waals surface area (Å²) >= 11 is 0. The lowest BCUT2D eigenvalue weighted by Gasteiger charge is -2.09. The van der Waals surface area contributed by atoms with Crippen molar-refractivity contribution in [3.05, 3.63) is 48.0 Å². The van der Waals surface area contributed by atoms with E-state index in [2.05, 4.69) is 15.6 Å². The summed E-state index contributed by atoms with van der Waals surface area (Å²) in [6, 6.07) is 11.4. The molecule has 2 aromatic carbocycles. The van der Waals surface area contributed by atoms with Crippen LogP contribution in [0, 0.1) is 0 Å². The molecule has 24 heavy (non-hydrogen) atoms. The van der Waals surface area contributed by atoms with Gasteiger partial charge in [-0.05, 0) is 37.3 Å². The first kappa shape index (κ1) is 16.1. The second kappa shape index (κ2) is 6.04. The molecule has 1 heterocycles. The van der Waals surface area contributed by atoms with Crippen LogP contribution >= 0.6 is 0 Å². The molecule has 124 valence electrons. The molecule has 0 unspecified atom stereocenters. The van der Waals surface area contributed by atoms with Crippen LogP contribution in [0.15, 0.2) is 47.4 Å². The molecule has 0 radical (unpaired) electrons. The average Bonchev–Trinajstić information content (AvgIpc) is 2.96. The highest BCUT2D eigenvalue weighted by Crippen LogP contribution is 2.22. The van der Waals surface area contributed by atoms with E-state index >= 15 is 0 Å². The fourth-order valence-electron chi connectivity index (χ4n) is 2.43. The van der Waals surface area contributed by atoms with E-state index in [4.69, 9.17) is 0 Å². The first-order valence-electron chi connectivity index (χ1n) is 7.34. The van der Waals surface area contributed by atoms with Gasteiger partial charge in [0.05, 0.1) is 16.1 Å². The highest BCUT2D eigenvalue weighted by Gasteiger charge is 2.16. The zero-order chi connectivity index (χ0) is 17.3. The van der Waals surface area contributed by atoms with Gasteiger partial charge >= 0.3 is 0 Å². The van der Waals surface area contributed by atoms with Crippen LogP contribution in [0.5, 0.6) is 0 Å². The number of rotatable bonds is 4. The van der Waals surface area contributed by atoms with Gasteiger partial charge in [-0.15, -0.1) is 5.10 Å². The lowest BCUT2D eigenvalue weighted by Crippen LogP contribution is -2.14. The number of hydrogen-bond acceptors (Lipinski definition) is 5. The molecule has 1 N–H and O–H groups in total. The third kappa shape index (κ3) is 3.00. The van der Waals surface area contributed by atoms with E-state index in [1.807, 2.05) is 6.92 Å². The topological polar surface area (TPSA) is 93.9 Å². The molecular formula is C16H16N4O3S. The van der Waals surface area contributed by atoms with Gasteiger partial charge in [0.1, 0.15) is 5.52 Å². The van der Waals surface area contributed by atoms with Crippen molar-refractivity contribution in [2.75, 3.05) is 11.6 Å². The van der Waals surface area contributed by atoms with E-state index in [-0.39, 0.29) is 10.6 Å². The molecule has 3 rings (SSSR count). The van der Waals surface area contributed by atoms with Crippen LogP contribution in [0.1, 0.15) is 17.3 Å². The molecule has 1 amide bonds. The fraction of sp³-hybridized carbons (Fsp3) is 0.188. The number of fused-ring (bicyclic) bond motifs is 1. The number of hydrogen-bond donors (Lipinski definition) is 1. The van der Waals surface area contributed by atoms with Crippen LogP contribution in [0.4, 0.5) is 5.69 Å². The van der Waals surface area contributed by atoms with E-state index in [1.54, 1.807) is 41.1 Å². The molecule has 0 aliphatic carbocycles. The minimum atomic E-state index is -3.44. The van der Waals surface area contributed by atoms with Crippen molar-refractivity contribution in [3.63, 3.8) is 0 Å². The second-order valence-corrected chi connectivity index (χ2v) is 7.32. The van der Waals surface area contributed by atoms with Crippen LogP contribution in [-0.2, 0) is 16.4 Å². The SMILES string of the molecule is CCn1nnc2cc(C(=O)Nc3ccccc3S(C)(=O)=O)ccc21. The van der Waals surface area contributed by atoms with Gasteiger partial charge in [-0.2, -0.15) is 0 Å². The van der Waals surface area contributed by atoms with Crippen LogP contribution in [0.2, 0.25) is 0 Å². The summed E-state index contributed by atoms with van der Waals surface area (Å²) in [6.07, 6.45) is 1.10. The molecule has 0 saturated heterocycles. The van der Waals surface area contributed by atoms with Gasteiger partial charge in [0.2, 0.25) is 0 Å². The van der Waals surface area contributed by atoms with Crippen molar-refractivity contribution < 1.29 is 13.2 Å². The van der Waals surface area contributed by atoms with Gasteiger partial charge in [-0.25, -0.2) is 13.1 Å². The van der Waals surface area contributed by atoms with Crippen LogP contribution in [0.25, 0.3) is 11.0 Å². The molecule has 0 bridgehead atoms. The Morgan fingerprint density at radius 2 is 1.96 bits per heavy atom. The van der Waals surface area contributed by atoms with Crippen molar-refractivity contribution in [1.29, 1.82) is 0 Å². The van der Waals surface area contributed by atoms with Gasteiger partial charge in [-0.1, -0.05) is 17.3 Å². The normalized spacial score (nSPS) is 11.6. The van der Waals surface area contributed by atoms with Crippen molar-refractivity contribution in [3.8, 4) is 0 Å². The molecule has 0 aliphatic rings. The van der Waals surface area contributed by atoms with Gasteiger partial charge in [0.15, 0.2) is 9.84 Å². The first-order valence-corrected chi connectivity index (χ1v) is 9.23. The lowest BCUT2D eigenvalue weighted by atomic mass is 10.2. The zero-order valence-corrected chi connectivity index (χ0v) is 14.0. The summed E-state index contributed by atoms with van der Waals surface area (Å²) in [7, 11) is -3.44.